The lowest BCUT2D eigenvalue weighted by atomic mass is 9.94. The summed E-state index contributed by atoms with van der Waals surface area (Å²) in [7, 11) is 0. The highest BCUT2D eigenvalue weighted by Crippen LogP contribution is 2.24. The van der Waals surface area contributed by atoms with Crippen LogP contribution in [0.1, 0.15) is 19.3 Å². The second kappa shape index (κ2) is 7.17. The summed E-state index contributed by atoms with van der Waals surface area (Å²) in [6.07, 6.45) is 4.45. The molecule has 1 aromatic rings. The predicted octanol–water partition coefficient (Wildman–Crippen LogP) is 0.952. The Morgan fingerprint density at radius 3 is 2.95 bits per heavy atom. The number of carbonyl (C=O) groups is 1. The third kappa shape index (κ3) is 3.82. The molecule has 0 aliphatic carbocycles. The molecular weight excluding hydrogens is 300 g/mol. The van der Waals surface area contributed by atoms with Crippen LogP contribution in [0.4, 0.5) is 5.69 Å². The van der Waals surface area contributed by atoms with Crippen molar-refractivity contribution in [1.29, 1.82) is 0 Å². The molecular formula is C15H22N4O2S. The number of anilines is 1. The lowest BCUT2D eigenvalue weighted by Crippen LogP contribution is -2.42. The number of nitrogens with one attached hydrogen (secondary N) is 1. The lowest BCUT2D eigenvalue weighted by Gasteiger charge is -2.35. The molecule has 1 amide bonds. The number of carbonyl (C=O) groups excluding carboxylic acids is 1. The van der Waals surface area contributed by atoms with Crippen molar-refractivity contribution in [2.75, 3.05) is 42.6 Å². The van der Waals surface area contributed by atoms with Crippen LogP contribution in [0.3, 0.4) is 0 Å². The molecule has 1 unspecified atom stereocenters. The highest BCUT2D eigenvalue weighted by molar-refractivity contribution is 7.99. The smallest absolute Gasteiger partial charge is 0.266 e. The minimum Gasteiger partial charge on any atom is -0.370 e. The second-order valence-electron chi connectivity index (χ2n) is 5.96. The topological polar surface area (TPSA) is 69.3 Å². The Bertz CT molecular complexity index is 571. The number of H-pyrrole nitrogens is 1. The molecule has 120 valence electrons. The Hall–Kier alpha value is -1.50. The first kappa shape index (κ1) is 15.4. The number of piperidine rings is 1. The van der Waals surface area contributed by atoms with Gasteiger partial charge < -0.3 is 9.80 Å². The number of nitrogens with zero attached hydrogens (tertiary/aromatic N) is 3. The average molecular weight is 322 g/mol. The Balaban J connectivity index is 1.58. The van der Waals surface area contributed by atoms with E-state index in [1.165, 1.54) is 0 Å². The first-order chi connectivity index (χ1) is 10.7. The predicted molar refractivity (Wildman–Crippen MR) is 88.3 cm³/mol. The lowest BCUT2D eigenvalue weighted by molar-refractivity contribution is -0.131. The summed E-state index contributed by atoms with van der Waals surface area (Å²) in [5, 5.41) is 6.26. The van der Waals surface area contributed by atoms with E-state index in [2.05, 4.69) is 15.1 Å². The number of rotatable bonds is 3. The fourth-order valence-electron chi connectivity index (χ4n) is 3.19. The minimum absolute atomic E-state index is 0.179. The van der Waals surface area contributed by atoms with Crippen molar-refractivity contribution < 1.29 is 4.79 Å². The van der Waals surface area contributed by atoms with Gasteiger partial charge in [-0.3, -0.25) is 9.59 Å². The molecule has 0 radical (unpaired) electrons. The van der Waals surface area contributed by atoms with Crippen LogP contribution in [0.2, 0.25) is 0 Å². The van der Waals surface area contributed by atoms with E-state index >= 15 is 0 Å². The molecule has 1 N–H and O–H groups in total. The molecule has 7 heteroatoms. The third-order valence-electron chi connectivity index (χ3n) is 4.36. The fraction of sp³-hybridized carbons (Fsp3) is 0.667. The van der Waals surface area contributed by atoms with Crippen LogP contribution in [-0.2, 0) is 4.79 Å². The van der Waals surface area contributed by atoms with Crippen molar-refractivity contribution >= 4 is 23.4 Å². The zero-order valence-electron chi connectivity index (χ0n) is 12.7. The Morgan fingerprint density at radius 1 is 1.36 bits per heavy atom. The van der Waals surface area contributed by atoms with Gasteiger partial charge in [0.15, 0.2) is 0 Å². The maximum atomic E-state index is 12.4. The van der Waals surface area contributed by atoms with Crippen molar-refractivity contribution in [2.24, 2.45) is 5.92 Å². The van der Waals surface area contributed by atoms with Gasteiger partial charge in [0.05, 0.1) is 11.9 Å². The van der Waals surface area contributed by atoms with Gasteiger partial charge in [0.25, 0.3) is 5.56 Å². The molecule has 0 saturated carbocycles. The van der Waals surface area contributed by atoms with Crippen molar-refractivity contribution in [3.05, 3.63) is 22.6 Å². The fourth-order valence-corrected chi connectivity index (χ4v) is 4.10. The summed E-state index contributed by atoms with van der Waals surface area (Å²) >= 11 is 1.92. The van der Waals surface area contributed by atoms with Gasteiger partial charge >= 0.3 is 0 Å². The molecule has 22 heavy (non-hydrogen) atoms. The van der Waals surface area contributed by atoms with Crippen molar-refractivity contribution in [1.82, 2.24) is 15.1 Å². The summed E-state index contributed by atoms with van der Waals surface area (Å²) in [6, 6.07) is 1.58. The van der Waals surface area contributed by atoms with Gasteiger partial charge in [-0.05, 0) is 18.8 Å². The van der Waals surface area contributed by atoms with Gasteiger partial charge in [-0.15, -0.1) is 0 Å². The van der Waals surface area contributed by atoms with Crippen LogP contribution < -0.4 is 10.5 Å². The van der Waals surface area contributed by atoms with Crippen LogP contribution in [0, 0.1) is 5.92 Å². The standard InChI is InChI=1S/C15H22N4O2S/c20-14-9-13(10-16-17-14)19-3-1-2-12(11-19)8-15(21)18-4-6-22-7-5-18/h9-10,12H,1-8,11H2,(H,17,20). The largest absolute Gasteiger partial charge is 0.370 e. The molecule has 6 nitrogen and oxygen atoms in total. The highest BCUT2D eigenvalue weighted by atomic mass is 32.2. The molecule has 0 bridgehead atoms. The van der Waals surface area contributed by atoms with Crippen molar-refractivity contribution in [3.8, 4) is 0 Å². The summed E-state index contributed by atoms with van der Waals surface area (Å²) in [4.78, 5) is 28.0. The van der Waals surface area contributed by atoms with E-state index in [9.17, 15) is 9.59 Å². The number of aromatic amines is 1. The molecule has 0 aromatic carbocycles. The van der Waals surface area contributed by atoms with E-state index in [1.807, 2.05) is 16.7 Å². The number of amides is 1. The molecule has 2 aliphatic rings. The van der Waals surface area contributed by atoms with E-state index < -0.39 is 0 Å². The summed E-state index contributed by atoms with van der Waals surface area (Å²) in [6.45, 7) is 3.53. The van der Waals surface area contributed by atoms with Gasteiger partial charge in [0.2, 0.25) is 5.91 Å². The zero-order chi connectivity index (χ0) is 15.4. The van der Waals surface area contributed by atoms with Gasteiger partial charge in [0.1, 0.15) is 0 Å². The SMILES string of the molecule is O=C(CC1CCCN(c2cn[nH]c(=O)c2)C1)N1CCSCC1. The Labute approximate surface area is 134 Å². The molecule has 0 spiro atoms. The van der Waals surface area contributed by atoms with Gasteiger partial charge in [0, 0.05) is 50.2 Å². The number of hydrogen-bond acceptors (Lipinski definition) is 5. The third-order valence-corrected chi connectivity index (χ3v) is 5.30. The first-order valence-corrected chi connectivity index (χ1v) is 9.03. The number of thioether (sulfide) groups is 1. The van der Waals surface area contributed by atoms with Gasteiger partial charge in [-0.2, -0.15) is 16.9 Å². The van der Waals surface area contributed by atoms with Crippen molar-refractivity contribution in [2.45, 2.75) is 19.3 Å². The van der Waals surface area contributed by atoms with Gasteiger partial charge in [-0.25, -0.2) is 5.10 Å². The maximum Gasteiger partial charge on any atom is 0.266 e. The molecule has 3 heterocycles. The molecule has 1 atom stereocenters. The van der Waals surface area contributed by atoms with Gasteiger partial charge in [-0.1, -0.05) is 0 Å². The monoisotopic (exact) mass is 322 g/mol. The second-order valence-corrected chi connectivity index (χ2v) is 7.18. The Kier molecular flexibility index (Phi) is 5.02. The van der Waals surface area contributed by atoms with Crippen LogP contribution in [0.25, 0.3) is 0 Å². The van der Waals surface area contributed by atoms with Crippen molar-refractivity contribution in [3.63, 3.8) is 0 Å². The number of aromatic nitrogens is 2. The van der Waals surface area contributed by atoms with E-state index in [-0.39, 0.29) is 11.5 Å². The van der Waals surface area contributed by atoms with E-state index in [1.54, 1.807) is 12.3 Å². The Morgan fingerprint density at radius 2 is 2.18 bits per heavy atom. The average Bonchev–Trinajstić information content (AvgIpc) is 2.56. The first-order valence-electron chi connectivity index (χ1n) is 7.87. The van der Waals surface area contributed by atoms with E-state index in [0.717, 1.165) is 56.2 Å². The minimum atomic E-state index is -0.179. The molecule has 1 aromatic heterocycles. The maximum absolute atomic E-state index is 12.4. The number of hydrogen-bond donors (Lipinski definition) is 1. The van der Waals surface area contributed by atoms with Crippen LogP contribution in [-0.4, -0.2) is 58.7 Å². The molecule has 2 fully saturated rings. The molecule has 2 aliphatic heterocycles. The summed E-state index contributed by atoms with van der Waals surface area (Å²) in [5.74, 6) is 2.77. The van der Waals surface area contributed by atoms with E-state index in [0.29, 0.717) is 12.3 Å². The summed E-state index contributed by atoms with van der Waals surface area (Å²) < 4.78 is 0. The highest BCUT2D eigenvalue weighted by Gasteiger charge is 2.25. The van der Waals surface area contributed by atoms with E-state index in [4.69, 9.17) is 0 Å². The zero-order valence-corrected chi connectivity index (χ0v) is 13.5. The summed E-state index contributed by atoms with van der Waals surface area (Å²) in [5.41, 5.74) is 0.678. The normalized spacial score (nSPS) is 22.6. The quantitative estimate of drug-likeness (QED) is 0.897. The van der Waals surface area contributed by atoms with Crippen LogP contribution in [0.5, 0.6) is 0 Å². The molecule has 2 saturated heterocycles. The molecule has 3 rings (SSSR count). The van der Waals surface area contributed by atoms with Crippen LogP contribution >= 0.6 is 11.8 Å². The van der Waals surface area contributed by atoms with Crippen LogP contribution in [0.15, 0.2) is 17.1 Å².